The molecule has 1 aliphatic rings. The van der Waals surface area contributed by atoms with E-state index in [1.165, 1.54) is 6.08 Å². The summed E-state index contributed by atoms with van der Waals surface area (Å²) in [5.41, 5.74) is 2.87. The van der Waals surface area contributed by atoms with Crippen LogP contribution in [0.15, 0.2) is 82.8 Å². The zero-order valence-corrected chi connectivity index (χ0v) is 19.5. The Morgan fingerprint density at radius 3 is 2.33 bits per heavy atom. The first-order valence-corrected chi connectivity index (χ1v) is 11.2. The predicted molar refractivity (Wildman–Crippen MR) is 130 cm³/mol. The highest BCUT2D eigenvalue weighted by molar-refractivity contribution is 9.10. The number of barbiturate groups is 1. The minimum absolute atomic E-state index is 0.107. The summed E-state index contributed by atoms with van der Waals surface area (Å²) in [6, 6.07) is 21.3. The molecule has 1 aliphatic heterocycles. The van der Waals surface area contributed by atoms with Crippen LogP contribution in [-0.2, 0) is 22.6 Å². The SMILES string of the molecule is CCc1ccccc1N1C(=O)NC(=O)/C(=C/c2ccc(OCc3ccc(Br)cc3)cc2)C1=O. The molecule has 4 amide bonds. The molecule has 0 spiro atoms. The third kappa shape index (κ3) is 5.04. The number of hydrogen-bond acceptors (Lipinski definition) is 4. The topological polar surface area (TPSA) is 75.7 Å². The van der Waals surface area contributed by atoms with Crippen LogP contribution in [0.1, 0.15) is 23.6 Å². The smallest absolute Gasteiger partial charge is 0.335 e. The second kappa shape index (κ2) is 9.83. The van der Waals surface area contributed by atoms with Gasteiger partial charge in [-0.25, -0.2) is 9.69 Å². The normalized spacial score (nSPS) is 15.0. The zero-order valence-electron chi connectivity index (χ0n) is 17.9. The van der Waals surface area contributed by atoms with E-state index in [2.05, 4.69) is 21.2 Å². The van der Waals surface area contributed by atoms with E-state index in [0.717, 1.165) is 20.5 Å². The Balaban J connectivity index is 1.53. The van der Waals surface area contributed by atoms with E-state index in [-0.39, 0.29) is 5.57 Å². The molecule has 1 saturated heterocycles. The Labute approximate surface area is 200 Å². The highest BCUT2D eigenvalue weighted by Gasteiger charge is 2.37. The lowest BCUT2D eigenvalue weighted by molar-refractivity contribution is -0.122. The van der Waals surface area contributed by atoms with Crippen molar-refractivity contribution in [2.45, 2.75) is 20.0 Å². The number of rotatable bonds is 6. The predicted octanol–water partition coefficient (Wildman–Crippen LogP) is 5.26. The number of carbonyl (C=O) groups is 3. The fraction of sp³-hybridized carbons (Fsp3) is 0.115. The van der Waals surface area contributed by atoms with Gasteiger partial charge in [-0.1, -0.05) is 65.3 Å². The van der Waals surface area contributed by atoms with Crippen molar-refractivity contribution in [3.63, 3.8) is 0 Å². The second-order valence-corrected chi connectivity index (χ2v) is 8.34. The number of nitrogens with one attached hydrogen (secondary N) is 1. The molecule has 0 aliphatic carbocycles. The second-order valence-electron chi connectivity index (χ2n) is 7.42. The van der Waals surface area contributed by atoms with Crippen molar-refractivity contribution in [2.75, 3.05) is 4.90 Å². The van der Waals surface area contributed by atoms with Crippen LogP contribution in [0.25, 0.3) is 6.08 Å². The van der Waals surface area contributed by atoms with Crippen molar-refractivity contribution < 1.29 is 19.1 Å². The number of urea groups is 1. The molecule has 33 heavy (non-hydrogen) atoms. The third-order valence-electron chi connectivity index (χ3n) is 5.22. The number of amides is 4. The summed E-state index contributed by atoms with van der Waals surface area (Å²) in [5.74, 6) is -0.709. The molecule has 0 bridgehead atoms. The van der Waals surface area contributed by atoms with Gasteiger partial charge < -0.3 is 4.74 Å². The molecule has 1 heterocycles. The van der Waals surface area contributed by atoms with E-state index in [9.17, 15) is 14.4 Å². The summed E-state index contributed by atoms with van der Waals surface area (Å²) in [6.07, 6.45) is 2.12. The fourth-order valence-electron chi connectivity index (χ4n) is 3.48. The van der Waals surface area contributed by atoms with Gasteiger partial charge in [0.05, 0.1) is 5.69 Å². The number of halogens is 1. The Morgan fingerprint density at radius 2 is 1.64 bits per heavy atom. The van der Waals surface area contributed by atoms with E-state index < -0.39 is 17.8 Å². The van der Waals surface area contributed by atoms with Crippen LogP contribution >= 0.6 is 15.9 Å². The van der Waals surface area contributed by atoms with Crippen LogP contribution < -0.4 is 15.0 Å². The quantitative estimate of drug-likeness (QED) is 0.367. The summed E-state index contributed by atoms with van der Waals surface area (Å²) in [5, 5.41) is 2.26. The van der Waals surface area contributed by atoms with Gasteiger partial charge in [0.15, 0.2) is 0 Å². The summed E-state index contributed by atoms with van der Waals surface area (Å²) in [6.45, 7) is 2.36. The Bertz CT molecular complexity index is 1230. The first-order chi connectivity index (χ1) is 16.0. The average Bonchev–Trinajstić information content (AvgIpc) is 2.82. The average molecular weight is 505 g/mol. The van der Waals surface area contributed by atoms with E-state index in [0.29, 0.717) is 30.0 Å². The van der Waals surface area contributed by atoms with E-state index in [1.54, 1.807) is 36.4 Å². The molecule has 1 N–H and O–H groups in total. The van der Waals surface area contributed by atoms with Crippen molar-refractivity contribution in [2.24, 2.45) is 0 Å². The summed E-state index contributed by atoms with van der Waals surface area (Å²) >= 11 is 3.41. The van der Waals surface area contributed by atoms with E-state index in [1.807, 2.05) is 43.3 Å². The van der Waals surface area contributed by atoms with Gasteiger partial charge in [0, 0.05) is 4.47 Å². The monoisotopic (exact) mass is 504 g/mol. The van der Waals surface area contributed by atoms with Crippen LogP contribution in [0.4, 0.5) is 10.5 Å². The molecule has 3 aromatic carbocycles. The summed E-state index contributed by atoms with van der Waals surface area (Å²) in [4.78, 5) is 39.0. The summed E-state index contributed by atoms with van der Waals surface area (Å²) in [7, 11) is 0. The number of benzene rings is 3. The number of aryl methyl sites for hydroxylation is 1. The number of carbonyl (C=O) groups excluding carboxylic acids is 3. The van der Waals surface area contributed by atoms with Crippen LogP contribution in [0.2, 0.25) is 0 Å². The molecular weight excluding hydrogens is 484 g/mol. The number of nitrogens with zero attached hydrogens (tertiary/aromatic N) is 1. The maximum absolute atomic E-state index is 13.1. The lowest BCUT2D eigenvalue weighted by Crippen LogP contribution is -2.54. The van der Waals surface area contributed by atoms with Gasteiger partial charge >= 0.3 is 6.03 Å². The van der Waals surface area contributed by atoms with Crippen LogP contribution in [-0.4, -0.2) is 17.8 Å². The highest BCUT2D eigenvalue weighted by atomic mass is 79.9. The number of imide groups is 2. The van der Waals surface area contributed by atoms with Crippen LogP contribution in [0.5, 0.6) is 5.75 Å². The molecule has 4 rings (SSSR count). The van der Waals surface area contributed by atoms with Gasteiger partial charge in [0.1, 0.15) is 17.9 Å². The molecule has 0 radical (unpaired) electrons. The standard InChI is InChI=1S/C26H21BrN2O4/c1-2-19-5-3-4-6-23(19)29-25(31)22(24(30)28-26(29)32)15-17-9-13-21(14-10-17)33-16-18-7-11-20(27)12-8-18/h3-15H,2,16H2,1H3,(H,28,30,32)/b22-15-. The van der Waals surface area contributed by atoms with Crippen molar-refractivity contribution >= 4 is 45.5 Å². The van der Waals surface area contributed by atoms with Crippen molar-refractivity contribution in [3.05, 3.63) is 99.5 Å². The maximum Gasteiger partial charge on any atom is 0.335 e. The fourth-order valence-corrected chi connectivity index (χ4v) is 3.74. The van der Waals surface area contributed by atoms with Crippen LogP contribution in [0, 0.1) is 0 Å². The molecule has 0 saturated carbocycles. The number of para-hydroxylation sites is 1. The van der Waals surface area contributed by atoms with Gasteiger partial charge in [0.25, 0.3) is 11.8 Å². The van der Waals surface area contributed by atoms with E-state index in [4.69, 9.17) is 4.74 Å². The number of ether oxygens (including phenoxy) is 1. The molecule has 0 unspecified atom stereocenters. The minimum atomic E-state index is -0.750. The molecule has 7 heteroatoms. The molecule has 0 atom stereocenters. The summed E-state index contributed by atoms with van der Waals surface area (Å²) < 4.78 is 6.80. The van der Waals surface area contributed by atoms with Gasteiger partial charge in [-0.05, 0) is 59.5 Å². The Hall–Kier alpha value is -3.71. The van der Waals surface area contributed by atoms with Gasteiger partial charge in [-0.3, -0.25) is 14.9 Å². The van der Waals surface area contributed by atoms with Crippen molar-refractivity contribution in [1.82, 2.24) is 5.32 Å². The molecule has 6 nitrogen and oxygen atoms in total. The first-order valence-electron chi connectivity index (χ1n) is 10.4. The molecule has 0 aromatic heterocycles. The van der Waals surface area contributed by atoms with E-state index >= 15 is 0 Å². The van der Waals surface area contributed by atoms with Gasteiger partial charge in [-0.2, -0.15) is 0 Å². The molecule has 3 aromatic rings. The zero-order chi connectivity index (χ0) is 23.4. The first kappa shape index (κ1) is 22.5. The van der Waals surface area contributed by atoms with Crippen molar-refractivity contribution in [3.8, 4) is 5.75 Å². The van der Waals surface area contributed by atoms with Gasteiger partial charge in [-0.15, -0.1) is 0 Å². The molecule has 1 fully saturated rings. The molecule has 166 valence electrons. The maximum atomic E-state index is 13.1. The van der Waals surface area contributed by atoms with Crippen LogP contribution in [0.3, 0.4) is 0 Å². The Morgan fingerprint density at radius 1 is 0.939 bits per heavy atom. The van der Waals surface area contributed by atoms with Gasteiger partial charge in [0.2, 0.25) is 0 Å². The number of anilines is 1. The Kier molecular flexibility index (Phi) is 6.70. The highest BCUT2D eigenvalue weighted by Crippen LogP contribution is 2.26. The van der Waals surface area contributed by atoms with Crippen molar-refractivity contribution in [1.29, 1.82) is 0 Å². The number of hydrogen-bond donors (Lipinski definition) is 1. The molecular formula is C26H21BrN2O4. The lowest BCUT2D eigenvalue weighted by atomic mass is 10.0. The minimum Gasteiger partial charge on any atom is -0.489 e. The largest absolute Gasteiger partial charge is 0.489 e. The third-order valence-corrected chi connectivity index (χ3v) is 5.75. The lowest BCUT2D eigenvalue weighted by Gasteiger charge is -2.27.